The zero-order valence-electron chi connectivity index (χ0n) is 21.8. The minimum Gasteiger partial charge on any atom is -0.484 e. The molecule has 0 aliphatic heterocycles. The normalized spacial score (nSPS) is 11.0. The first-order valence-corrected chi connectivity index (χ1v) is 14.0. The number of aryl methyl sites for hydroxylation is 1. The van der Waals surface area contributed by atoms with Crippen LogP contribution in [0.15, 0.2) is 102 Å². The zero-order chi connectivity index (χ0) is 28.7. The van der Waals surface area contributed by atoms with Crippen LogP contribution in [0.4, 0.5) is 11.4 Å². The van der Waals surface area contributed by atoms with Crippen LogP contribution in [0.2, 0.25) is 5.02 Å². The number of carbonyl (C=O) groups is 2. The number of nitrogens with one attached hydrogen (secondary N) is 1. The summed E-state index contributed by atoms with van der Waals surface area (Å²) in [6.07, 6.45) is 0. The number of halogens is 1. The van der Waals surface area contributed by atoms with Gasteiger partial charge in [0.25, 0.3) is 15.9 Å². The van der Waals surface area contributed by atoms with Gasteiger partial charge in [-0.3, -0.25) is 9.10 Å². The molecule has 4 rings (SSSR count). The van der Waals surface area contributed by atoms with Crippen molar-refractivity contribution in [2.75, 3.05) is 23.3 Å². The third-order valence-electron chi connectivity index (χ3n) is 5.93. The Morgan fingerprint density at radius 2 is 1.48 bits per heavy atom. The van der Waals surface area contributed by atoms with Crippen molar-refractivity contribution in [2.24, 2.45) is 0 Å². The Balaban J connectivity index is 1.47. The number of amides is 1. The summed E-state index contributed by atoms with van der Waals surface area (Å²) in [4.78, 5) is 24.1. The van der Waals surface area contributed by atoms with E-state index in [1.54, 1.807) is 97.1 Å². The Labute approximate surface area is 238 Å². The van der Waals surface area contributed by atoms with Crippen LogP contribution in [0.1, 0.15) is 21.5 Å². The number of esters is 1. The lowest BCUT2D eigenvalue weighted by molar-refractivity contribution is -0.118. The minimum absolute atomic E-state index is 0.0881. The molecule has 0 aliphatic rings. The third-order valence-corrected chi connectivity index (χ3v) is 7.97. The molecule has 10 heteroatoms. The van der Waals surface area contributed by atoms with Gasteiger partial charge in [0.15, 0.2) is 6.61 Å². The van der Waals surface area contributed by atoms with Crippen LogP contribution >= 0.6 is 11.6 Å². The Morgan fingerprint density at radius 3 is 2.08 bits per heavy atom. The standard InChI is InChI=1S/C30H27ClN2O6S/c1-21-3-17-28(18-4-21)40(36,37)33(19-22-5-9-24(31)10-6-22)26-13-15-27(16-14-26)39-20-29(34)32-25-11-7-23(8-12-25)30(35)38-2/h3-18H,19-20H2,1-2H3,(H,32,34). The molecule has 0 aliphatic carbocycles. The molecule has 0 spiro atoms. The lowest BCUT2D eigenvalue weighted by Gasteiger charge is -2.25. The molecule has 0 bridgehead atoms. The molecule has 0 saturated heterocycles. The fraction of sp³-hybridized carbons (Fsp3) is 0.133. The average Bonchev–Trinajstić information content (AvgIpc) is 2.96. The summed E-state index contributed by atoms with van der Waals surface area (Å²) in [7, 11) is -2.60. The van der Waals surface area contributed by atoms with Crippen molar-refractivity contribution in [1.29, 1.82) is 0 Å². The van der Waals surface area contributed by atoms with Crippen LogP contribution in [0.5, 0.6) is 5.75 Å². The maximum absolute atomic E-state index is 13.7. The number of sulfonamides is 1. The van der Waals surface area contributed by atoms with Gasteiger partial charge in [-0.05, 0) is 85.3 Å². The van der Waals surface area contributed by atoms with E-state index in [0.29, 0.717) is 27.7 Å². The van der Waals surface area contributed by atoms with Crippen molar-refractivity contribution in [1.82, 2.24) is 0 Å². The summed E-state index contributed by atoms with van der Waals surface area (Å²) < 4.78 is 38.9. The Kier molecular flexibility index (Phi) is 9.08. The molecule has 4 aromatic carbocycles. The average molecular weight is 579 g/mol. The van der Waals surface area contributed by atoms with Gasteiger partial charge in [0.1, 0.15) is 5.75 Å². The van der Waals surface area contributed by atoms with E-state index in [4.69, 9.17) is 16.3 Å². The number of hydrogen-bond acceptors (Lipinski definition) is 6. The van der Waals surface area contributed by atoms with E-state index in [1.165, 1.54) is 11.4 Å². The second kappa shape index (κ2) is 12.7. The SMILES string of the molecule is COC(=O)c1ccc(NC(=O)COc2ccc(N(Cc3ccc(Cl)cc3)S(=O)(=O)c3ccc(C)cc3)cc2)cc1. The molecule has 0 atom stereocenters. The predicted octanol–water partition coefficient (Wildman–Crippen LogP) is 5.85. The van der Waals surface area contributed by atoms with Crippen LogP contribution < -0.4 is 14.4 Å². The summed E-state index contributed by atoms with van der Waals surface area (Å²) in [5, 5.41) is 3.24. The zero-order valence-corrected chi connectivity index (χ0v) is 23.4. The van der Waals surface area contributed by atoms with Crippen LogP contribution in [0, 0.1) is 6.92 Å². The predicted molar refractivity (Wildman–Crippen MR) is 154 cm³/mol. The number of hydrogen-bond donors (Lipinski definition) is 1. The maximum Gasteiger partial charge on any atom is 0.337 e. The summed E-state index contributed by atoms with van der Waals surface area (Å²) in [6, 6.07) is 26.4. The summed E-state index contributed by atoms with van der Waals surface area (Å²) in [6.45, 7) is 1.71. The van der Waals surface area contributed by atoms with E-state index in [2.05, 4.69) is 10.1 Å². The van der Waals surface area contributed by atoms with E-state index < -0.39 is 21.9 Å². The molecule has 0 aromatic heterocycles. The van der Waals surface area contributed by atoms with Gasteiger partial charge in [-0.15, -0.1) is 0 Å². The largest absolute Gasteiger partial charge is 0.484 e. The summed E-state index contributed by atoms with van der Waals surface area (Å²) >= 11 is 6.01. The molecule has 206 valence electrons. The van der Waals surface area contributed by atoms with E-state index in [-0.39, 0.29) is 18.0 Å². The molecule has 1 N–H and O–H groups in total. The van der Waals surface area contributed by atoms with Crippen molar-refractivity contribution >= 4 is 44.9 Å². The first kappa shape index (κ1) is 28.7. The van der Waals surface area contributed by atoms with Crippen molar-refractivity contribution in [2.45, 2.75) is 18.4 Å². The third kappa shape index (κ3) is 7.19. The van der Waals surface area contributed by atoms with E-state index >= 15 is 0 Å². The molecule has 0 unspecified atom stereocenters. The van der Waals surface area contributed by atoms with Crippen molar-refractivity contribution in [3.8, 4) is 5.75 Å². The molecule has 4 aromatic rings. The van der Waals surface area contributed by atoms with Crippen molar-refractivity contribution in [3.05, 3.63) is 119 Å². The lowest BCUT2D eigenvalue weighted by atomic mass is 10.2. The van der Waals surface area contributed by atoms with Gasteiger partial charge in [-0.2, -0.15) is 0 Å². The van der Waals surface area contributed by atoms with E-state index in [0.717, 1.165) is 11.1 Å². The summed E-state index contributed by atoms with van der Waals surface area (Å²) in [5.74, 6) is -0.483. The highest BCUT2D eigenvalue weighted by Crippen LogP contribution is 2.28. The van der Waals surface area contributed by atoms with Gasteiger partial charge >= 0.3 is 5.97 Å². The number of carbonyl (C=O) groups excluding carboxylic acids is 2. The Bertz CT molecular complexity index is 1570. The number of benzene rings is 4. The van der Waals surface area contributed by atoms with Gasteiger partial charge in [0.05, 0.1) is 29.8 Å². The smallest absolute Gasteiger partial charge is 0.337 e. The van der Waals surface area contributed by atoms with Crippen LogP contribution in [0.25, 0.3) is 0 Å². The topological polar surface area (TPSA) is 102 Å². The molecule has 0 heterocycles. The highest BCUT2D eigenvalue weighted by molar-refractivity contribution is 7.92. The highest BCUT2D eigenvalue weighted by atomic mass is 35.5. The Hall–Kier alpha value is -4.34. The van der Waals surface area contributed by atoms with E-state index in [1.807, 2.05) is 6.92 Å². The van der Waals surface area contributed by atoms with Crippen molar-refractivity contribution in [3.63, 3.8) is 0 Å². The summed E-state index contributed by atoms with van der Waals surface area (Å²) in [5.41, 5.74) is 3.00. The van der Waals surface area contributed by atoms with Crippen LogP contribution in [-0.2, 0) is 26.1 Å². The second-order valence-corrected chi connectivity index (χ2v) is 11.1. The first-order valence-electron chi connectivity index (χ1n) is 12.2. The Morgan fingerprint density at radius 1 is 0.850 bits per heavy atom. The first-order chi connectivity index (χ1) is 19.2. The van der Waals surface area contributed by atoms with Gasteiger partial charge in [-0.1, -0.05) is 41.4 Å². The number of methoxy groups -OCH3 is 1. The van der Waals surface area contributed by atoms with E-state index in [9.17, 15) is 18.0 Å². The van der Waals surface area contributed by atoms with Gasteiger partial charge in [0, 0.05) is 10.7 Å². The molecule has 0 radical (unpaired) electrons. The maximum atomic E-state index is 13.7. The molecular weight excluding hydrogens is 552 g/mol. The molecule has 1 amide bonds. The van der Waals surface area contributed by atoms with Gasteiger partial charge in [0.2, 0.25) is 0 Å². The monoisotopic (exact) mass is 578 g/mol. The fourth-order valence-corrected chi connectivity index (χ4v) is 5.35. The van der Waals surface area contributed by atoms with Crippen LogP contribution in [0.3, 0.4) is 0 Å². The number of nitrogens with zero attached hydrogens (tertiary/aromatic N) is 1. The van der Waals surface area contributed by atoms with Gasteiger partial charge in [-0.25, -0.2) is 13.2 Å². The van der Waals surface area contributed by atoms with Gasteiger partial charge < -0.3 is 14.8 Å². The molecule has 40 heavy (non-hydrogen) atoms. The van der Waals surface area contributed by atoms with Crippen molar-refractivity contribution < 1.29 is 27.5 Å². The number of rotatable bonds is 10. The lowest BCUT2D eigenvalue weighted by Crippen LogP contribution is -2.30. The second-order valence-electron chi connectivity index (χ2n) is 8.85. The highest BCUT2D eigenvalue weighted by Gasteiger charge is 2.25. The number of ether oxygens (including phenoxy) is 2. The number of anilines is 2. The molecular formula is C30H27ClN2O6S. The fourth-order valence-electron chi connectivity index (χ4n) is 3.77. The molecule has 0 saturated carbocycles. The van der Waals surface area contributed by atoms with Crippen LogP contribution in [-0.4, -0.2) is 34.0 Å². The quantitative estimate of drug-likeness (QED) is 0.237. The molecule has 0 fully saturated rings. The molecule has 8 nitrogen and oxygen atoms in total. The minimum atomic E-state index is -3.90.